The zero-order chi connectivity index (χ0) is 19.1. The van der Waals surface area contributed by atoms with Crippen LogP contribution in [0.15, 0.2) is 54.2 Å². The number of nitrogens with one attached hydrogen (secondary N) is 2. The molecular weight excluding hydrogens is 441 g/mol. The average Bonchev–Trinajstić information content (AvgIpc) is 2.61. The van der Waals surface area contributed by atoms with E-state index in [-0.39, 0.29) is 11.7 Å². The number of rotatable bonds is 7. The highest BCUT2D eigenvalue weighted by Crippen LogP contribution is 2.21. The van der Waals surface area contributed by atoms with Gasteiger partial charge < -0.3 is 10.4 Å². The number of hydrazone groups is 1. The van der Waals surface area contributed by atoms with Gasteiger partial charge in [0.05, 0.1) is 6.21 Å². The standard InChI is InChI=1S/C20H22IN3O2/c1-4-6-15-7-5-8-16(19(15)25)12-22-24-20(26)14(3)23-17-9-10-18(21)13(2)11-17/h4-5,7-12,14,23,25H,1,6H2,2-3H3,(H,24,26)/b22-12-/t14-/m1/s1. The highest BCUT2D eigenvalue weighted by atomic mass is 127. The quantitative estimate of drug-likeness (QED) is 0.252. The van der Waals surface area contributed by atoms with Crippen LogP contribution in [-0.4, -0.2) is 23.3 Å². The summed E-state index contributed by atoms with van der Waals surface area (Å²) in [6.07, 6.45) is 3.72. The van der Waals surface area contributed by atoms with E-state index in [1.54, 1.807) is 19.1 Å². The SMILES string of the molecule is C=CCc1cccc(/C=N\NC(=O)[C@@H](C)Nc2ccc(I)c(C)c2)c1O. The predicted octanol–water partition coefficient (Wildman–Crippen LogP) is 3.98. The molecule has 0 aliphatic heterocycles. The van der Waals surface area contributed by atoms with Crippen molar-refractivity contribution in [1.82, 2.24) is 5.43 Å². The van der Waals surface area contributed by atoms with E-state index in [9.17, 15) is 9.90 Å². The van der Waals surface area contributed by atoms with Gasteiger partial charge in [-0.05, 0) is 78.3 Å². The van der Waals surface area contributed by atoms with Crippen molar-refractivity contribution in [2.75, 3.05) is 5.32 Å². The summed E-state index contributed by atoms with van der Waals surface area (Å²) in [5.41, 5.74) is 5.82. The van der Waals surface area contributed by atoms with Gasteiger partial charge in [-0.3, -0.25) is 4.79 Å². The number of hydrogen-bond acceptors (Lipinski definition) is 4. The molecule has 0 saturated carbocycles. The Bertz CT molecular complexity index is 834. The van der Waals surface area contributed by atoms with Gasteiger partial charge in [0, 0.05) is 14.8 Å². The molecule has 136 valence electrons. The lowest BCUT2D eigenvalue weighted by molar-refractivity contribution is -0.121. The zero-order valence-electron chi connectivity index (χ0n) is 14.8. The number of aryl methyl sites for hydroxylation is 1. The largest absolute Gasteiger partial charge is 0.507 e. The number of carbonyl (C=O) groups excluding carboxylic acids is 1. The van der Waals surface area contributed by atoms with Crippen LogP contribution in [0.25, 0.3) is 0 Å². The number of nitrogens with zero attached hydrogens (tertiary/aromatic N) is 1. The molecule has 3 N–H and O–H groups in total. The summed E-state index contributed by atoms with van der Waals surface area (Å²) < 4.78 is 1.17. The van der Waals surface area contributed by atoms with Crippen LogP contribution >= 0.6 is 22.6 Å². The first kappa shape index (κ1) is 20.0. The van der Waals surface area contributed by atoms with E-state index in [1.165, 1.54) is 9.78 Å². The van der Waals surface area contributed by atoms with Crippen LogP contribution in [0.5, 0.6) is 5.75 Å². The Hall–Kier alpha value is -2.35. The zero-order valence-corrected chi connectivity index (χ0v) is 16.9. The van der Waals surface area contributed by atoms with Crippen molar-refractivity contribution < 1.29 is 9.90 Å². The number of phenols is 1. The van der Waals surface area contributed by atoms with Gasteiger partial charge in [0.25, 0.3) is 5.91 Å². The molecule has 0 radical (unpaired) electrons. The smallest absolute Gasteiger partial charge is 0.262 e. The second-order valence-corrected chi connectivity index (χ2v) is 7.07. The van der Waals surface area contributed by atoms with E-state index in [0.717, 1.165) is 16.8 Å². The number of amides is 1. The Balaban J connectivity index is 1.97. The number of phenolic OH excluding ortho intramolecular Hbond substituents is 1. The monoisotopic (exact) mass is 463 g/mol. The lowest BCUT2D eigenvalue weighted by atomic mass is 10.1. The van der Waals surface area contributed by atoms with Crippen molar-refractivity contribution in [2.24, 2.45) is 5.10 Å². The van der Waals surface area contributed by atoms with E-state index >= 15 is 0 Å². The van der Waals surface area contributed by atoms with Crippen molar-refractivity contribution in [3.8, 4) is 5.75 Å². The minimum Gasteiger partial charge on any atom is -0.507 e. The molecule has 6 heteroatoms. The molecule has 0 saturated heterocycles. The fraction of sp³-hybridized carbons (Fsp3) is 0.200. The molecule has 0 fully saturated rings. The molecule has 0 aliphatic carbocycles. The number of allylic oxidation sites excluding steroid dienone is 1. The first-order valence-corrected chi connectivity index (χ1v) is 9.27. The van der Waals surface area contributed by atoms with Gasteiger partial charge in [0.1, 0.15) is 11.8 Å². The maximum Gasteiger partial charge on any atom is 0.262 e. The van der Waals surface area contributed by atoms with Crippen LogP contribution in [0.4, 0.5) is 5.69 Å². The first-order valence-electron chi connectivity index (χ1n) is 8.19. The van der Waals surface area contributed by atoms with E-state index in [0.29, 0.717) is 12.0 Å². The van der Waals surface area contributed by atoms with Crippen molar-refractivity contribution >= 4 is 40.4 Å². The number of para-hydroxylation sites is 1. The Labute approximate surface area is 167 Å². The summed E-state index contributed by atoms with van der Waals surface area (Å²) in [5.74, 6) is -0.120. The molecule has 0 unspecified atom stereocenters. The number of hydrogen-bond donors (Lipinski definition) is 3. The molecule has 0 spiro atoms. The van der Waals surface area contributed by atoms with Gasteiger partial charge >= 0.3 is 0 Å². The normalized spacial score (nSPS) is 12.0. The minimum atomic E-state index is -0.452. The highest BCUT2D eigenvalue weighted by Gasteiger charge is 2.12. The van der Waals surface area contributed by atoms with Gasteiger partial charge in [0.2, 0.25) is 0 Å². The molecule has 2 aromatic carbocycles. The van der Waals surface area contributed by atoms with E-state index < -0.39 is 6.04 Å². The predicted molar refractivity (Wildman–Crippen MR) is 115 cm³/mol. The van der Waals surface area contributed by atoms with Crippen LogP contribution in [0, 0.1) is 10.5 Å². The van der Waals surface area contributed by atoms with Crippen LogP contribution in [0.2, 0.25) is 0 Å². The van der Waals surface area contributed by atoms with Gasteiger partial charge in [-0.2, -0.15) is 5.10 Å². The molecule has 2 rings (SSSR count). The third kappa shape index (κ3) is 5.32. The Morgan fingerprint density at radius 3 is 2.85 bits per heavy atom. The summed E-state index contributed by atoms with van der Waals surface area (Å²) in [4.78, 5) is 12.2. The molecule has 1 atom stereocenters. The van der Waals surface area contributed by atoms with Crippen LogP contribution in [-0.2, 0) is 11.2 Å². The van der Waals surface area contributed by atoms with Crippen LogP contribution in [0.3, 0.4) is 0 Å². The number of halogens is 1. The Morgan fingerprint density at radius 2 is 2.15 bits per heavy atom. The van der Waals surface area contributed by atoms with E-state index in [1.807, 2.05) is 37.3 Å². The summed E-state index contributed by atoms with van der Waals surface area (Å²) in [6, 6.07) is 10.9. The average molecular weight is 463 g/mol. The summed E-state index contributed by atoms with van der Waals surface area (Å²) in [6.45, 7) is 7.45. The second kappa shape index (κ2) is 9.38. The van der Waals surface area contributed by atoms with Gasteiger partial charge in [-0.1, -0.05) is 18.2 Å². The van der Waals surface area contributed by atoms with E-state index in [4.69, 9.17) is 0 Å². The number of anilines is 1. The molecule has 26 heavy (non-hydrogen) atoms. The number of benzene rings is 2. The first-order chi connectivity index (χ1) is 12.4. The molecule has 1 amide bonds. The van der Waals surface area contributed by atoms with Crippen LogP contribution < -0.4 is 10.7 Å². The maximum atomic E-state index is 12.2. The second-order valence-electron chi connectivity index (χ2n) is 5.91. The van der Waals surface area contributed by atoms with Crippen LogP contribution in [0.1, 0.15) is 23.6 Å². The Morgan fingerprint density at radius 1 is 1.38 bits per heavy atom. The Kier molecular flexibility index (Phi) is 7.20. The minimum absolute atomic E-state index is 0.144. The highest BCUT2D eigenvalue weighted by molar-refractivity contribution is 14.1. The van der Waals surface area contributed by atoms with Gasteiger partial charge in [-0.25, -0.2) is 5.43 Å². The maximum absolute atomic E-state index is 12.2. The third-order valence-corrected chi connectivity index (χ3v) is 5.04. The molecule has 0 heterocycles. The topological polar surface area (TPSA) is 73.7 Å². The fourth-order valence-electron chi connectivity index (χ4n) is 2.35. The molecule has 0 aliphatic rings. The van der Waals surface area contributed by atoms with Crippen molar-refractivity contribution in [3.05, 3.63) is 69.3 Å². The molecule has 0 aromatic heterocycles. The van der Waals surface area contributed by atoms with Crippen molar-refractivity contribution in [3.63, 3.8) is 0 Å². The van der Waals surface area contributed by atoms with Gasteiger partial charge in [0.15, 0.2) is 0 Å². The number of aromatic hydroxyl groups is 1. The summed E-state index contributed by atoms with van der Waals surface area (Å²) in [7, 11) is 0. The third-order valence-electron chi connectivity index (χ3n) is 3.83. The molecule has 2 aromatic rings. The van der Waals surface area contributed by atoms with Crippen molar-refractivity contribution in [1.29, 1.82) is 0 Å². The molecule has 5 nitrogen and oxygen atoms in total. The lowest BCUT2D eigenvalue weighted by Crippen LogP contribution is -2.34. The number of carbonyl (C=O) groups is 1. The lowest BCUT2D eigenvalue weighted by Gasteiger charge is -2.14. The summed E-state index contributed by atoms with van der Waals surface area (Å²) in [5, 5.41) is 17.3. The fourth-order valence-corrected chi connectivity index (χ4v) is 2.68. The molecule has 0 bridgehead atoms. The van der Waals surface area contributed by atoms with E-state index in [2.05, 4.69) is 45.0 Å². The molecular formula is C20H22IN3O2. The summed E-state index contributed by atoms with van der Waals surface area (Å²) >= 11 is 2.27. The van der Waals surface area contributed by atoms with Gasteiger partial charge in [-0.15, -0.1) is 6.58 Å². The van der Waals surface area contributed by atoms with Crippen molar-refractivity contribution in [2.45, 2.75) is 26.3 Å².